The highest BCUT2D eigenvalue weighted by Crippen LogP contribution is 2.22. The van der Waals surface area contributed by atoms with Gasteiger partial charge in [0.2, 0.25) is 11.8 Å². The van der Waals surface area contributed by atoms with E-state index in [0.29, 0.717) is 28.5 Å². The average Bonchev–Trinajstić information content (AvgIpc) is 2.62. The number of halogens is 2. The van der Waals surface area contributed by atoms with E-state index >= 15 is 0 Å². The van der Waals surface area contributed by atoms with E-state index in [9.17, 15) is 14.4 Å². The molecule has 0 fully saturated rings. The van der Waals surface area contributed by atoms with Gasteiger partial charge < -0.3 is 15.5 Å². The van der Waals surface area contributed by atoms with Crippen molar-refractivity contribution in [3.05, 3.63) is 57.5 Å². The highest BCUT2D eigenvalue weighted by Gasteiger charge is 2.20. The average molecular weight is 453 g/mol. The van der Waals surface area contributed by atoms with Gasteiger partial charge in [-0.15, -0.1) is 0 Å². The van der Waals surface area contributed by atoms with Gasteiger partial charge in [-0.2, -0.15) is 0 Å². The Bertz CT molecular complexity index is 856. The molecule has 8 heteroatoms. The van der Waals surface area contributed by atoms with Crippen LogP contribution in [-0.4, -0.2) is 35.7 Å². The third-order valence-electron chi connectivity index (χ3n) is 3.65. The molecule has 0 aliphatic heterocycles. The highest BCUT2D eigenvalue weighted by atomic mass is 79.9. The second-order valence-electron chi connectivity index (χ2n) is 5.75. The lowest BCUT2D eigenvalue weighted by atomic mass is 10.2. The van der Waals surface area contributed by atoms with E-state index in [-0.39, 0.29) is 24.3 Å². The van der Waals surface area contributed by atoms with Crippen LogP contribution in [0.4, 0.5) is 11.4 Å². The van der Waals surface area contributed by atoms with Crippen molar-refractivity contribution in [1.29, 1.82) is 0 Å². The van der Waals surface area contributed by atoms with Crippen molar-refractivity contribution in [3.63, 3.8) is 0 Å². The predicted molar refractivity (Wildman–Crippen MR) is 110 cm³/mol. The van der Waals surface area contributed by atoms with Crippen LogP contribution in [0, 0.1) is 0 Å². The largest absolute Gasteiger partial charge is 0.330 e. The molecular weight excluding hydrogens is 434 g/mol. The fourth-order valence-electron chi connectivity index (χ4n) is 2.37. The second-order valence-corrected chi connectivity index (χ2v) is 7.07. The molecule has 0 saturated carbocycles. The van der Waals surface area contributed by atoms with E-state index < -0.39 is 0 Å². The summed E-state index contributed by atoms with van der Waals surface area (Å²) in [6.07, 6.45) is 0. The zero-order valence-electron chi connectivity index (χ0n) is 14.9. The number of amides is 3. The minimum atomic E-state index is -0.330. The third-order valence-corrected chi connectivity index (χ3v) is 4.47. The van der Waals surface area contributed by atoms with Gasteiger partial charge in [-0.05, 0) is 49.4 Å². The topological polar surface area (TPSA) is 78.5 Å². The van der Waals surface area contributed by atoms with Crippen molar-refractivity contribution in [3.8, 4) is 0 Å². The molecule has 0 bridgehead atoms. The minimum Gasteiger partial charge on any atom is -0.330 e. The van der Waals surface area contributed by atoms with E-state index in [2.05, 4.69) is 26.6 Å². The summed E-state index contributed by atoms with van der Waals surface area (Å²) < 4.78 is 0.731. The smallest absolute Gasteiger partial charge is 0.255 e. The van der Waals surface area contributed by atoms with Gasteiger partial charge in [0.15, 0.2) is 0 Å². The third kappa shape index (κ3) is 6.08. The maximum atomic E-state index is 12.7. The quantitative estimate of drug-likeness (QED) is 0.691. The van der Waals surface area contributed by atoms with Gasteiger partial charge in [0.1, 0.15) is 6.54 Å². The summed E-state index contributed by atoms with van der Waals surface area (Å²) in [7, 11) is 0. The molecule has 0 aromatic heterocycles. The van der Waals surface area contributed by atoms with Crippen LogP contribution in [0.2, 0.25) is 5.02 Å². The summed E-state index contributed by atoms with van der Waals surface area (Å²) in [6.45, 7) is 3.46. The molecule has 0 radical (unpaired) electrons. The Kier molecular flexibility index (Phi) is 7.38. The highest BCUT2D eigenvalue weighted by molar-refractivity contribution is 9.10. The first-order chi connectivity index (χ1) is 12.8. The molecule has 142 valence electrons. The predicted octanol–water partition coefficient (Wildman–Crippen LogP) is 4.16. The molecule has 6 nitrogen and oxygen atoms in total. The van der Waals surface area contributed by atoms with Crippen molar-refractivity contribution < 1.29 is 14.4 Å². The lowest BCUT2D eigenvalue weighted by Gasteiger charge is -2.21. The van der Waals surface area contributed by atoms with Crippen LogP contribution in [0.3, 0.4) is 0 Å². The number of hydrogen-bond donors (Lipinski definition) is 2. The van der Waals surface area contributed by atoms with Crippen LogP contribution in [0.15, 0.2) is 46.9 Å². The Morgan fingerprint density at radius 2 is 1.63 bits per heavy atom. The summed E-state index contributed by atoms with van der Waals surface area (Å²) in [5.41, 5.74) is 1.54. The van der Waals surface area contributed by atoms with Crippen LogP contribution in [-0.2, 0) is 9.59 Å². The summed E-state index contributed by atoms with van der Waals surface area (Å²) in [5, 5.41) is 5.71. The SMILES string of the molecule is CCN(CC(=O)Nc1ccc(NC(C)=O)cc1)C(=O)c1cc(Br)ccc1Cl. The molecule has 2 N–H and O–H groups in total. The molecule has 2 rings (SSSR count). The fourth-order valence-corrected chi connectivity index (χ4v) is 2.93. The van der Waals surface area contributed by atoms with Crippen LogP contribution < -0.4 is 10.6 Å². The van der Waals surface area contributed by atoms with Crippen molar-refractivity contribution in [1.82, 2.24) is 4.90 Å². The van der Waals surface area contributed by atoms with Crippen molar-refractivity contribution in [2.75, 3.05) is 23.7 Å². The first-order valence-electron chi connectivity index (χ1n) is 8.22. The summed E-state index contributed by atoms with van der Waals surface area (Å²) >= 11 is 9.43. The number of carbonyl (C=O) groups is 3. The Morgan fingerprint density at radius 1 is 1.04 bits per heavy atom. The van der Waals surface area contributed by atoms with Crippen LogP contribution in [0.25, 0.3) is 0 Å². The van der Waals surface area contributed by atoms with Gasteiger partial charge in [0.05, 0.1) is 10.6 Å². The van der Waals surface area contributed by atoms with E-state index in [1.165, 1.54) is 11.8 Å². The molecule has 0 atom stereocenters. The van der Waals surface area contributed by atoms with Gasteiger partial charge >= 0.3 is 0 Å². The molecule has 3 amide bonds. The number of likely N-dealkylation sites (N-methyl/N-ethyl adjacent to an activating group) is 1. The molecule has 0 aliphatic carbocycles. The van der Waals surface area contributed by atoms with Crippen molar-refractivity contribution in [2.45, 2.75) is 13.8 Å². The van der Waals surface area contributed by atoms with Gasteiger partial charge in [-0.25, -0.2) is 0 Å². The lowest BCUT2D eigenvalue weighted by molar-refractivity contribution is -0.117. The molecule has 0 aliphatic rings. The van der Waals surface area contributed by atoms with Crippen LogP contribution in [0.1, 0.15) is 24.2 Å². The van der Waals surface area contributed by atoms with E-state index in [0.717, 1.165) is 4.47 Å². The summed E-state index contributed by atoms with van der Waals surface area (Å²) in [5.74, 6) is -0.821. The van der Waals surface area contributed by atoms with Gasteiger partial charge in [-0.1, -0.05) is 27.5 Å². The minimum absolute atomic E-state index is 0.106. The van der Waals surface area contributed by atoms with Gasteiger partial charge in [0.25, 0.3) is 5.91 Å². The van der Waals surface area contributed by atoms with Crippen LogP contribution in [0.5, 0.6) is 0 Å². The standard InChI is InChI=1S/C19H19BrClN3O3/c1-3-24(19(27)16-10-13(20)4-9-17(16)21)11-18(26)23-15-7-5-14(6-8-15)22-12(2)25/h4-10H,3,11H2,1-2H3,(H,22,25)(H,23,26). The molecule has 2 aromatic rings. The normalized spacial score (nSPS) is 10.2. The van der Waals surface area contributed by atoms with Gasteiger partial charge in [-0.3, -0.25) is 14.4 Å². The molecule has 2 aromatic carbocycles. The Morgan fingerprint density at radius 3 is 2.19 bits per heavy atom. The number of nitrogens with one attached hydrogen (secondary N) is 2. The van der Waals surface area contributed by atoms with E-state index in [1.807, 2.05) is 0 Å². The number of anilines is 2. The second kappa shape index (κ2) is 9.53. The first kappa shape index (κ1) is 20.9. The Balaban J connectivity index is 2.03. The summed E-state index contributed by atoms with van der Waals surface area (Å²) in [4.78, 5) is 37.4. The Hall–Kier alpha value is -2.38. The molecule has 27 heavy (non-hydrogen) atoms. The lowest BCUT2D eigenvalue weighted by Crippen LogP contribution is -2.38. The maximum Gasteiger partial charge on any atom is 0.255 e. The Labute approximate surface area is 171 Å². The maximum absolute atomic E-state index is 12.7. The number of rotatable bonds is 6. The molecular formula is C19H19BrClN3O3. The number of carbonyl (C=O) groups excluding carboxylic acids is 3. The van der Waals surface area contributed by atoms with Crippen LogP contribution >= 0.6 is 27.5 Å². The number of hydrogen-bond acceptors (Lipinski definition) is 3. The molecule has 0 unspecified atom stereocenters. The van der Waals surface area contributed by atoms with Crippen molar-refractivity contribution in [2.24, 2.45) is 0 Å². The first-order valence-corrected chi connectivity index (χ1v) is 9.39. The zero-order chi connectivity index (χ0) is 20.0. The van der Waals surface area contributed by atoms with E-state index in [4.69, 9.17) is 11.6 Å². The molecule has 0 heterocycles. The monoisotopic (exact) mass is 451 g/mol. The molecule has 0 spiro atoms. The summed E-state index contributed by atoms with van der Waals surface area (Å²) in [6, 6.07) is 11.7. The number of nitrogens with zero attached hydrogens (tertiary/aromatic N) is 1. The number of benzene rings is 2. The zero-order valence-corrected chi connectivity index (χ0v) is 17.2. The van der Waals surface area contributed by atoms with Gasteiger partial charge in [0, 0.05) is 29.3 Å². The van der Waals surface area contributed by atoms with Crippen molar-refractivity contribution >= 4 is 56.6 Å². The van der Waals surface area contributed by atoms with E-state index in [1.54, 1.807) is 49.4 Å². The fraction of sp³-hybridized carbons (Fsp3) is 0.211. The molecule has 0 saturated heterocycles.